The lowest BCUT2D eigenvalue weighted by atomic mass is 10.0. The van der Waals surface area contributed by atoms with Gasteiger partial charge in [0.2, 0.25) is 11.8 Å². The number of nitrogens with one attached hydrogen (secondary N) is 1. The van der Waals surface area contributed by atoms with Crippen LogP contribution in [0, 0.1) is 19.3 Å². The molecule has 1 saturated heterocycles. The van der Waals surface area contributed by atoms with Crippen molar-refractivity contribution in [1.82, 2.24) is 34.6 Å². The van der Waals surface area contributed by atoms with Crippen molar-refractivity contribution in [3.05, 3.63) is 58.0 Å². The number of aryl methyl sites for hydroxylation is 2. The van der Waals surface area contributed by atoms with Gasteiger partial charge in [0.15, 0.2) is 11.5 Å². The number of piperidine rings is 1. The van der Waals surface area contributed by atoms with Crippen molar-refractivity contribution in [1.29, 1.82) is 0 Å². The predicted octanol–water partition coefficient (Wildman–Crippen LogP) is 4.90. The smallest absolute Gasteiger partial charge is 0.325 e. The highest BCUT2D eigenvalue weighted by atomic mass is 79.9. The van der Waals surface area contributed by atoms with Gasteiger partial charge < -0.3 is 10.2 Å². The molecule has 1 N–H and O–H groups in total. The van der Waals surface area contributed by atoms with E-state index in [0.717, 1.165) is 10.2 Å². The van der Waals surface area contributed by atoms with Crippen LogP contribution >= 0.6 is 15.9 Å². The highest BCUT2D eigenvalue weighted by Crippen LogP contribution is 2.59. The van der Waals surface area contributed by atoms with E-state index < -0.39 is 47.6 Å². The van der Waals surface area contributed by atoms with Crippen LogP contribution in [0.3, 0.4) is 0 Å². The zero-order chi connectivity index (χ0) is 31.7. The molecule has 0 radical (unpaired) electrons. The Morgan fingerprint density at radius 3 is 2.48 bits per heavy atom. The van der Waals surface area contributed by atoms with Gasteiger partial charge in [-0.1, -0.05) is 13.0 Å². The van der Waals surface area contributed by atoms with Crippen LogP contribution in [-0.4, -0.2) is 64.3 Å². The van der Waals surface area contributed by atoms with Gasteiger partial charge in [-0.15, -0.1) is 0 Å². The molecule has 5 heterocycles. The zero-order valence-corrected chi connectivity index (χ0v) is 25.6. The maximum atomic E-state index is 14.5. The minimum Gasteiger partial charge on any atom is -0.325 e. The number of carbonyl (C=O) groups is 3. The van der Waals surface area contributed by atoms with Crippen molar-refractivity contribution in [2.24, 2.45) is 5.41 Å². The third-order valence-electron chi connectivity index (χ3n) is 8.22. The van der Waals surface area contributed by atoms with Gasteiger partial charge in [-0.3, -0.25) is 19.1 Å². The highest BCUT2D eigenvalue weighted by molar-refractivity contribution is 9.10. The van der Waals surface area contributed by atoms with Crippen molar-refractivity contribution < 1.29 is 27.6 Å². The summed E-state index contributed by atoms with van der Waals surface area (Å²) in [6, 6.07) is 3.71. The Morgan fingerprint density at radius 1 is 1.11 bits per heavy atom. The van der Waals surface area contributed by atoms with Crippen molar-refractivity contribution in [2.75, 3.05) is 5.32 Å². The molecule has 0 spiro atoms. The molecule has 44 heavy (non-hydrogen) atoms. The van der Waals surface area contributed by atoms with E-state index in [9.17, 15) is 27.6 Å². The Kier molecular flexibility index (Phi) is 7.06. The number of anilines is 1. The number of pyridine rings is 2. The SMILES string of the molecule is CC(=O)c1nn(CC(=O)N2[C@H](C(=O)Nc3nc(Br)ccc3C)C[C@@]3(C)C[C@@H]23)c2c(C(F)(F)F)nc(-c3cnc(C)nc3)cc12. The van der Waals surface area contributed by atoms with E-state index in [1.165, 1.54) is 30.3 Å². The fraction of sp³-hybridized carbons (Fsp3) is 0.379. The van der Waals surface area contributed by atoms with Crippen LogP contribution in [0.15, 0.2) is 35.2 Å². The van der Waals surface area contributed by atoms with E-state index in [0.29, 0.717) is 29.1 Å². The molecule has 2 amide bonds. The van der Waals surface area contributed by atoms with E-state index >= 15 is 0 Å². The molecule has 228 valence electrons. The summed E-state index contributed by atoms with van der Waals surface area (Å²) in [5.74, 6) is -0.874. The molecule has 2 aliphatic rings. The molecule has 0 bridgehead atoms. The Hall–Kier alpha value is -4.27. The number of halogens is 4. The van der Waals surface area contributed by atoms with Crippen LogP contribution in [0.25, 0.3) is 22.2 Å². The number of amides is 2. The maximum Gasteiger partial charge on any atom is 0.435 e. The number of hydrogen-bond acceptors (Lipinski definition) is 8. The second kappa shape index (κ2) is 10.4. The van der Waals surface area contributed by atoms with Crippen LogP contribution in [0.5, 0.6) is 0 Å². The Bertz CT molecular complexity index is 1860. The predicted molar refractivity (Wildman–Crippen MR) is 155 cm³/mol. The molecule has 1 aliphatic carbocycles. The number of Topliss-reactive ketones (excluding diaryl/α,β-unsaturated/α-hetero) is 1. The van der Waals surface area contributed by atoms with Crippen LogP contribution in [0.1, 0.15) is 54.3 Å². The minimum atomic E-state index is -4.95. The van der Waals surface area contributed by atoms with E-state index in [4.69, 9.17) is 0 Å². The summed E-state index contributed by atoms with van der Waals surface area (Å²) < 4.78 is 44.8. The zero-order valence-electron chi connectivity index (χ0n) is 24.0. The van der Waals surface area contributed by atoms with Gasteiger partial charge in [-0.2, -0.15) is 18.3 Å². The number of carbonyl (C=O) groups excluding carboxylic acids is 3. The molecule has 6 rings (SSSR count). The lowest BCUT2D eigenvalue weighted by Gasteiger charge is -2.27. The van der Waals surface area contributed by atoms with Gasteiger partial charge in [0, 0.05) is 36.3 Å². The summed E-state index contributed by atoms with van der Waals surface area (Å²) in [4.78, 5) is 57.5. The third-order valence-corrected chi connectivity index (χ3v) is 8.66. The van der Waals surface area contributed by atoms with E-state index in [1.807, 2.05) is 6.92 Å². The number of aromatic nitrogens is 6. The average molecular weight is 671 g/mol. The second-order valence-electron chi connectivity index (χ2n) is 11.5. The number of fused-ring (bicyclic) bond motifs is 2. The lowest BCUT2D eigenvalue weighted by molar-refractivity contribution is -0.140. The van der Waals surface area contributed by atoms with Gasteiger partial charge in [0.1, 0.15) is 40.0 Å². The number of ketones is 1. The van der Waals surface area contributed by atoms with Crippen LogP contribution < -0.4 is 5.32 Å². The van der Waals surface area contributed by atoms with E-state index in [-0.39, 0.29) is 33.8 Å². The van der Waals surface area contributed by atoms with Gasteiger partial charge in [0.25, 0.3) is 0 Å². The number of hydrogen-bond donors (Lipinski definition) is 1. The third kappa shape index (κ3) is 5.22. The quantitative estimate of drug-likeness (QED) is 0.226. The molecule has 1 saturated carbocycles. The standard InChI is InChI=1S/C29H26BrF3N8O3/c1-13-5-6-21(30)37-26(13)38-27(44)19-8-28(4)9-20(28)41(19)22(43)12-40-24-17(23(39-40)14(2)42)7-18(36-25(24)29(31,32)33)16-10-34-15(3)35-11-16/h5-7,10-11,19-20H,8-9,12H2,1-4H3,(H,37,38,44)/t19-,20+,28-/m0/s1. The van der Waals surface area contributed by atoms with E-state index in [1.54, 1.807) is 26.0 Å². The lowest BCUT2D eigenvalue weighted by Crippen LogP contribution is -2.47. The van der Waals surface area contributed by atoms with Gasteiger partial charge in [-0.05, 0) is 65.7 Å². The second-order valence-corrected chi connectivity index (χ2v) is 12.3. The topological polar surface area (TPSA) is 136 Å². The van der Waals surface area contributed by atoms with Crippen LogP contribution in [0.4, 0.5) is 19.0 Å². The van der Waals surface area contributed by atoms with Crippen molar-refractivity contribution in [3.63, 3.8) is 0 Å². The highest BCUT2D eigenvalue weighted by Gasteiger charge is 2.64. The largest absolute Gasteiger partial charge is 0.435 e. The van der Waals surface area contributed by atoms with Gasteiger partial charge >= 0.3 is 6.18 Å². The molecule has 2 fully saturated rings. The first kappa shape index (κ1) is 29.8. The number of rotatable bonds is 6. The maximum absolute atomic E-state index is 14.5. The molecule has 3 atom stereocenters. The fourth-order valence-corrected chi connectivity index (χ4v) is 6.16. The van der Waals surface area contributed by atoms with Crippen LogP contribution in [-0.2, 0) is 22.3 Å². The molecular formula is C29H26BrF3N8O3. The van der Waals surface area contributed by atoms with Gasteiger partial charge in [0.05, 0.1) is 5.69 Å². The van der Waals surface area contributed by atoms with Gasteiger partial charge in [-0.25, -0.2) is 19.9 Å². The molecule has 0 unspecified atom stereocenters. The number of alkyl halides is 3. The Morgan fingerprint density at radius 2 is 1.82 bits per heavy atom. The minimum absolute atomic E-state index is 0.0975. The van der Waals surface area contributed by atoms with E-state index in [2.05, 4.69) is 46.3 Å². The molecule has 4 aromatic heterocycles. The summed E-state index contributed by atoms with van der Waals surface area (Å²) in [6.45, 7) is 5.93. The summed E-state index contributed by atoms with van der Waals surface area (Å²) in [5.41, 5.74) is -1.50. The molecule has 0 aromatic carbocycles. The normalized spacial score (nSPS) is 21.0. The summed E-state index contributed by atoms with van der Waals surface area (Å²) in [7, 11) is 0. The molecule has 15 heteroatoms. The summed E-state index contributed by atoms with van der Waals surface area (Å²) in [5, 5.41) is 6.86. The molecule has 1 aliphatic heterocycles. The van der Waals surface area contributed by atoms with Crippen molar-refractivity contribution >= 4 is 50.2 Å². The first-order chi connectivity index (χ1) is 20.7. The fourth-order valence-electron chi connectivity index (χ4n) is 5.85. The summed E-state index contributed by atoms with van der Waals surface area (Å²) >= 11 is 3.29. The Labute approximate surface area is 257 Å². The average Bonchev–Trinajstić information content (AvgIpc) is 3.31. The number of likely N-dealkylation sites (tertiary alicyclic amines) is 1. The first-order valence-corrected chi connectivity index (χ1v) is 14.5. The molecule has 4 aromatic rings. The van der Waals surface area contributed by atoms with Crippen molar-refractivity contribution in [2.45, 2.75) is 65.3 Å². The Balaban J connectivity index is 1.38. The first-order valence-electron chi connectivity index (χ1n) is 13.7. The summed E-state index contributed by atoms with van der Waals surface area (Å²) in [6.07, 6.45) is -1.22. The van der Waals surface area contributed by atoms with Crippen LogP contribution in [0.2, 0.25) is 0 Å². The number of nitrogens with zero attached hydrogens (tertiary/aromatic N) is 7. The molecule has 11 nitrogen and oxygen atoms in total. The van der Waals surface area contributed by atoms with Crippen molar-refractivity contribution in [3.8, 4) is 11.3 Å². The molecular weight excluding hydrogens is 645 g/mol. The monoisotopic (exact) mass is 670 g/mol.